The van der Waals surface area contributed by atoms with Gasteiger partial charge in [0.15, 0.2) is 11.3 Å². The smallest absolute Gasteiger partial charge is 0.322 e. The predicted molar refractivity (Wildman–Crippen MR) is 113 cm³/mol. The molecule has 1 aliphatic heterocycles. The fourth-order valence-corrected chi connectivity index (χ4v) is 3.67. The van der Waals surface area contributed by atoms with E-state index < -0.39 is 5.91 Å². The summed E-state index contributed by atoms with van der Waals surface area (Å²) in [5.74, 6) is 6.14. The van der Waals surface area contributed by atoms with Gasteiger partial charge in [-0.05, 0) is 41.1 Å². The van der Waals surface area contributed by atoms with Crippen LogP contribution in [0.3, 0.4) is 0 Å². The summed E-state index contributed by atoms with van der Waals surface area (Å²) in [6, 6.07) is 3.64. The average molecular weight is 416 g/mol. The van der Waals surface area contributed by atoms with Crippen molar-refractivity contribution in [2.24, 2.45) is 10.8 Å². The van der Waals surface area contributed by atoms with Gasteiger partial charge < -0.3 is 5.73 Å². The molecule has 0 aliphatic carbocycles. The van der Waals surface area contributed by atoms with Crippen LogP contribution in [-0.4, -0.2) is 39.2 Å². The first-order valence-corrected chi connectivity index (χ1v) is 10.2. The molecule has 7 nitrogen and oxygen atoms in total. The van der Waals surface area contributed by atoms with Crippen LogP contribution in [0.1, 0.15) is 30.9 Å². The highest BCUT2D eigenvalue weighted by Gasteiger charge is 2.32. The number of aromatic nitrogens is 2. The first-order chi connectivity index (χ1) is 13.4. The second-order valence-electron chi connectivity index (χ2n) is 6.33. The molecule has 1 aromatic heterocycles. The van der Waals surface area contributed by atoms with E-state index in [2.05, 4.69) is 46.3 Å². The van der Waals surface area contributed by atoms with Crippen LogP contribution in [0.4, 0.5) is 0 Å². The molecule has 0 bridgehead atoms. The standard InChI is InChI=1S/C19H19ClN6OS/c1-10(2)13-9-23-24-16-7-11(14(20)8-12(13)16)5-6-15-17(18(21)27)19(22-3)26(25-15)28-4/h7-10,28H,1-4H3,(H2-,21,22,25,27)/p+1. The zero-order valence-electron chi connectivity index (χ0n) is 15.9. The lowest BCUT2D eigenvalue weighted by Crippen LogP contribution is -2.24. The maximum Gasteiger partial charge on any atom is 0.322 e. The fraction of sp³-hybridized carbons (Fsp3) is 0.263. The molecule has 2 aromatic rings. The minimum absolute atomic E-state index is 0.253. The van der Waals surface area contributed by atoms with Crippen molar-refractivity contribution in [1.82, 2.24) is 15.5 Å². The normalized spacial score (nSPS) is 15.4. The number of thiol groups is 1. The molecule has 3 rings (SSSR count). The maximum atomic E-state index is 11.9. The van der Waals surface area contributed by atoms with E-state index in [4.69, 9.17) is 17.3 Å². The van der Waals surface area contributed by atoms with Gasteiger partial charge in [0.1, 0.15) is 0 Å². The minimum Gasteiger partial charge on any atom is -0.365 e. The maximum absolute atomic E-state index is 11.9. The summed E-state index contributed by atoms with van der Waals surface area (Å²) in [5.41, 5.74) is 8.44. The highest BCUT2D eigenvalue weighted by atomic mass is 35.5. The number of benzene rings is 1. The van der Waals surface area contributed by atoms with Crippen molar-refractivity contribution in [2.75, 3.05) is 13.3 Å². The summed E-state index contributed by atoms with van der Waals surface area (Å²) >= 11 is 7.28. The van der Waals surface area contributed by atoms with Crippen LogP contribution in [0.25, 0.3) is 10.9 Å². The fourth-order valence-electron chi connectivity index (χ4n) is 2.88. The third-order valence-corrected chi connectivity index (χ3v) is 5.22. The van der Waals surface area contributed by atoms with Gasteiger partial charge in [0, 0.05) is 17.2 Å². The Labute approximate surface area is 171 Å². The Bertz CT molecular complexity index is 1140. The molecule has 0 atom stereocenters. The summed E-state index contributed by atoms with van der Waals surface area (Å²) in [6.07, 6.45) is 3.64. The summed E-state index contributed by atoms with van der Waals surface area (Å²) in [6.45, 7) is 4.18. The Morgan fingerprint density at radius 2 is 2.11 bits per heavy atom. The second-order valence-corrected chi connectivity index (χ2v) is 7.52. The molecule has 1 aliphatic rings. The molecule has 3 N–H and O–H groups in total. The molecule has 0 unspecified atom stereocenters. The number of nitrogens with two attached hydrogens (primary N) is 1. The predicted octanol–water partition coefficient (Wildman–Crippen LogP) is 1.68. The molecule has 1 amide bonds. The lowest BCUT2D eigenvalue weighted by molar-refractivity contribution is -0.454. The van der Waals surface area contributed by atoms with Crippen molar-refractivity contribution in [3.8, 4) is 11.8 Å². The molecule has 0 saturated carbocycles. The lowest BCUT2D eigenvalue weighted by atomic mass is 9.99. The number of carbonyl (C=O) groups is 1. The number of halogens is 1. The van der Waals surface area contributed by atoms with Gasteiger partial charge >= 0.3 is 5.82 Å². The SMILES string of the molecule is CNC1=C(C(N)=O)C(C#Cc2cc3nncc(C(C)C)c3cc2Cl)=N/[N+]1=[SH]/C. The van der Waals surface area contributed by atoms with Crippen LogP contribution in [0, 0.1) is 11.8 Å². The molecule has 28 heavy (non-hydrogen) atoms. The molecule has 144 valence electrons. The van der Waals surface area contributed by atoms with E-state index in [1.54, 1.807) is 23.4 Å². The van der Waals surface area contributed by atoms with Gasteiger partial charge in [-0.3, -0.25) is 10.1 Å². The van der Waals surface area contributed by atoms with Crippen molar-refractivity contribution < 1.29 is 8.85 Å². The Hall–Kier alpha value is -2.76. The Kier molecular flexibility index (Phi) is 5.77. The van der Waals surface area contributed by atoms with Crippen molar-refractivity contribution in [2.45, 2.75) is 19.8 Å². The van der Waals surface area contributed by atoms with Crippen LogP contribution in [-0.2, 0) is 16.4 Å². The topological polar surface area (TPSA) is 96.3 Å². The molecule has 0 fully saturated rings. The summed E-state index contributed by atoms with van der Waals surface area (Å²) in [5, 5.41) is 17.0. The van der Waals surface area contributed by atoms with Gasteiger partial charge in [0.25, 0.3) is 5.91 Å². The molecular weight excluding hydrogens is 396 g/mol. The highest BCUT2D eigenvalue weighted by Crippen LogP contribution is 2.28. The van der Waals surface area contributed by atoms with Gasteiger partial charge in [-0.2, -0.15) is 10.2 Å². The Balaban J connectivity index is 2.10. The zero-order valence-corrected chi connectivity index (χ0v) is 17.6. The zero-order chi connectivity index (χ0) is 20.4. The highest BCUT2D eigenvalue weighted by molar-refractivity contribution is 7.64. The number of carbonyl (C=O) groups excluding carboxylic acids is 1. The quantitative estimate of drug-likeness (QED) is 0.403. The first kappa shape index (κ1) is 20.0. The van der Waals surface area contributed by atoms with Crippen molar-refractivity contribution in [1.29, 1.82) is 0 Å². The van der Waals surface area contributed by atoms with Crippen molar-refractivity contribution in [3.05, 3.63) is 45.9 Å². The number of amides is 1. The van der Waals surface area contributed by atoms with Crippen LogP contribution < -0.4 is 11.1 Å². The monoisotopic (exact) mass is 415 g/mol. The largest absolute Gasteiger partial charge is 0.365 e. The number of primary amides is 1. The van der Waals surface area contributed by atoms with E-state index in [1.807, 2.05) is 12.3 Å². The Morgan fingerprint density at radius 1 is 1.36 bits per heavy atom. The van der Waals surface area contributed by atoms with Gasteiger partial charge in [-0.25, -0.2) is 0 Å². The van der Waals surface area contributed by atoms with Gasteiger partial charge in [0.05, 0.1) is 23.8 Å². The summed E-state index contributed by atoms with van der Waals surface area (Å²) in [7, 11) is 1.70. The van der Waals surface area contributed by atoms with E-state index in [0.29, 0.717) is 33.6 Å². The van der Waals surface area contributed by atoms with Gasteiger partial charge in [-0.15, -0.1) is 0 Å². The van der Waals surface area contributed by atoms with E-state index >= 15 is 0 Å². The second kappa shape index (κ2) is 8.09. The van der Waals surface area contributed by atoms with E-state index in [-0.39, 0.29) is 5.57 Å². The van der Waals surface area contributed by atoms with Crippen LogP contribution in [0.2, 0.25) is 5.02 Å². The Morgan fingerprint density at radius 3 is 2.71 bits per heavy atom. The molecular formula is C19H20ClN6OS+. The molecule has 0 radical (unpaired) electrons. The number of hydrogen-bond donors (Lipinski definition) is 3. The molecule has 2 heterocycles. The van der Waals surface area contributed by atoms with Crippen LogP contribution in [0.5, 0.6) is 0 Å². The van der Waals surface area contributed by atoms with E-state index in [9.17, 15) is 4.79 Å². The number of rotatable bonds is 3. The molecule has 9 heteroatoms. The number of fused-ring (bicyclic) bond motifs is 1. The van der Waals surface area contributed by atoms with E-state index in [1.165, 1.54) is 0 Å². The first-order valence-electron chi connectivity index (χ1n) is 8.54. The summed E-state index contributed by atoms with van der Waals surface area (Å²) in [4.78, 5) is 11.9. The van der Waals surface area contributed by atoms with Gasteiger partial charge in [0.2, 0.25) is 0 Å². The van der Waals surface area contributed by atoms with Crippen LogP contribution in [0.15, 0.2) is 34.8 Å². The number of nitrogens with one attached hydrogen (secondary N) is 1. The minimum atomic E-state index is -0.597. The summed E-state index contributed by atoms with van der Waals surface area (Å²) < 4.78 is 1.62. The number of hydrogen-bond acceptors (Lipinski definition) is 4. The number of hydrazone groups is 1. The molecule has 1 aromatic carbocycles. The average Bonchev–Trinajstić information content (AvgIpc) is 3.03. The third kappa shape index (κ3) is 3.63. The number of nitrogens with zero attached hydrogens (tertiary/aromatic N) is 4. The van der Waals surface area contributed by atoms with Crippen molar-refractivity contribution in [3.63, 3.8) is 0 Å². The third-order valence-electron chi connectivity index (χ3n) is 4.24. The lowest BCUT2D eigenvalue weighted by Gasteiger charge is -2.09. The van der Waals surface area contributed by atoms with E-state index in [0.717, 1.165) is 22.5 Å². The molecule has 0 saturated heterocycles. The molecule has 0 spiro atoms. The van der Waals surface area contributed by atoms with Crippen LogP contribution >= 0.6 is 11.6 Å². The van der Waals surface area contributed by atoms with Gasteiger partial charge in [-0.1, -0.05) is 40.5 Å². The van der Waals surface area contributed by atoms with Crippen molar-refractivity contribution >= 4 is 45.7 Å².